The van der Waals surface area contributed by atoms with Gasteiger partial charge in [-0.1, -0.05) is 13.0 Å². The maximum atomic E-state index is 15.1. The fraction of sp³-hybridized carbons (Fsp3) is 0.593. The second kappa shape index (κ2) is 9.75. The van der Waals surface area contributed by atoms with E-state index in [4.69, 9.17) is 0 Å². The molecule has 2 unspecified atom stereocenters. The minimum atomic E-state index is -4.67. The highest BCUT2D eigenvalue weighted by Gasteiger charge is 2.43. The van der Waals surface area contributed by atoms with Crippen molar-refractivity contribution in [3.8, 4) is 0 Å². The highest BCUT2D eigenvalue weighted by Crippen LogP contribution is 2.43. The number of carbonyl (C=O) groups is 1. The van der Waals surface area contributed by atoms with E-state index in [1.165, 1.54) is 6.33 Å². The zero-order valence-corrected chi connectivity index (χ0v) is 21.7. The van der Waals surface area contributed by atoms with Crippen molar-refractivity contribution in [2.45, 2.75) is 75.7 Å². The molecule has 3 aliphatic rings. The summed E-state index contributed by atoms with van der Waals surface area (Å²) in [4.78, 5) is 26.4. The van der Waals surface area contributed by atoms with Crippen LogP contribution >= 0.6 is 0 Å². The van der Waals surface area contributed by atoms with Crippen molar-refractivity contribution in [2.75, 3.05) is 31.1 Å². The smallest absolute Gasteiger partial charge is 0.387 e. The van der Waals surface area contributed by atoms with Crippen molar-refractivity contribution < 1.29 is 27.5 Å². The Morgan fingerprint density at radius 1 is 1.18 bits per heavy atom. The first-order chi connectivity index (χ1) is 17.9. The van der Waals surface area contributed by atoms with E-state index in [0.29, 0.717) is 50.8 Å². The molecule has 0 spiro atoms. The molecule has 1 aromatic carbocycles. The minimum absolute atomic E-state index is 0.0166. The number of amides is 1. The van der Waals surface area contributed by atoms with Gasteiger partial charge in [0.05, 0.1) is 23.3 Å². The van der Waals surface area contributed by atoms with E-state index in [1.807, 2.05) is 20.8 Å². The van der Waals surface area contributed by atoms with Crippen LogP contribution in [0.15, 0.2) is 24.5 Å². The van der Waals surface area contributed by atoms with Gasteiger partial charge in [0.2, 0.25) is 5.91 Å². The SMILES string of the molecule is C[C@@H]1C[C@H](O)c2ncnc(N3CCN(C(=O)C(c4ccc(C(F)(F)F)cc4F)C4CCC(C)(C)N4)CC3)c21. The molecule has 3 heterocycles. The molecule has 7 nitrogen and oxygen atoms in total. The molecular weight excluding hydrogens is 502 g/mol. The van der Waals surface area contributed by atoms with Crippen LogP contribution in [0.25, 0.3) is 0 Å². The van der Waals surface area contributed by atoms with Crippen LogP contribution in [0.1, 0.15) is 80.4 Å². The number of nitrogens with one attached hydrogen (secondary N) is 1. The summed E-state index contributed by atoms with van der Waals surface area (Å²) in [6.07, 6.45) is -1.88. The van der Waals surface area contributed by atoms with Gasteiger partial charge in [-0.25, -0.2) is 14.4 Å². The number of anilines is 1. The molecule has 0 saturated carbocycles. The van der Waals surface area contributed by atoms with Gasteiger partial charge in [-0.3, -0.25) is 4.79 Å². The number of aromatic nitrogens is 2. The van der Waals surface area contributed by atoms with E-state index in [2.05, 4.69) is 20.2 Å². The van der Waals surface area contributed by atoms with Crippen LogP contribution in [-0.2, 0) is 11.0 Å². The fourth-order valence-electron chi connectivity index (χ4n) is 6.18. The molecule has 1 amide bonds. The lowest BCUT2D eigenvalue weighted by Gasteiger charge is -2.39. The van der Waals surface area contributed by atoms with Gasteiger partial charge >= 0.3 is 6.18 Å². The number of hydrogen-bond acceptors (Lipinski definition) is 6. The van der Waals surface area contributed by atoms with Gasteiger partial charge in [0.1, 0.15) is 18.0 Å². The normalized spacial score (nSPS) is 25.9. The topological polar surface area (TPSA) is 81.6 Å². The number of alkyl halides is 3. The number of hydrogen-bond donors (Lipinski definition) is 2. The molecular formula is C27H33F4N5O2. The van der Waals surface area contributed by atoms with Gasteiger partial charge in [0, 0.05) is 48.9 Å². The van der Waals surface area contributed by atoms with Crippen LogP contribution in [-0.4, -0.2) is 63.6 Å². The molecule has 2 aromatic rings. The van der Waals surface area contributed by atoms with Crippen LogP contribution < -0.4 is 10.2 Å². The second-order valence-electron chi connectivity index (χ2n) is 11.3. The third-order valence-electron chi connectivity index (χ3n) is 8.16. The van der Waals surface area contributed by atoms with Crippen molar-refractivity contribution in [3.63, 3.8) is 0 Å². The van der Waals surface area contributed by atoms with Crippen molar-refractivity contribution in [1.82, 2.24) is 20.2 Å². The lowest BCUT2D eigenvalue weighted by Crippen LogP contribution is -2.53. The quantitative estimate of drug-likeness (QED) is 0.573. The van der Waals surface area contributed by atoms with E-state index in [1.54, 1.807) is 4.90 Å². The molecule has 0 bridgehead atoms. The largest absolute Gasteiger partial charge is 0.416 e. The monoisotopic (exact) mass is 535 g/mol. The maximum absolute atomic E-state index is 15.1. The van der Waals surface area contributed by atoms with Crippen LogP contribution in [0.5, 0.6) is 0 Å². The first kappa shape index (κ1) is 26.8. The Labute approximate surface area is 219 Å². The number of halogens is 4. The van der Waals surface area contributed by atoms with Crippen LogP contribution in [0, 0.1) is 5.82 Å². The number of aliphatic hydroxyl groups is 1. The summed E-state index contributed by atoms with van der Waals surface area (Å²) in [6, 6.07) is 2.05. The zero-order valence-electron chi connectivity index (χ0n) is 21.7. The molecule has 11 heteroatoms. The van der Waals surface area contributed by atoms with E-state index < -0.39 is 35.6 Å². The molecule has 2 N–H and O–H groups in total. The number of aliphatic hydroxyl groups excluding tert-OH is 1. The second-order valence-corrected chi connectivity index (χ2v) is 11.3. The number of piperazine rings is 1. The summed E-state index contributed by atoms with van der Waals surface area (Å²) in [7, 11) is 0. The Morgan fingerprint density at radius 3 is 2.50 bits per heavy atom. The molecule has 2 aliphatic heterocycles. The van der Waals surface area contributed by atoms with E-state index in [9.17, 15) is 23.1 Å². The molecule has 1 aliphatic carbocycles. The summed E-state index contributed by atoms with van der Waals surface area (Å²) < 4.78 is 54.7. The maximum Gasteiger partial charge on any atom is 0.416 e. The number of nitrogens with zero attached hydrogens (tertiary/aromatic N) is 4. The first-order valence-corrected chi connectivity index (χ1v) is 13.1. The lowest BCUT2D eigenvalue weighted by molar-refractivity contribution is -0.137. The van der Waals surface area contributed by atoms with Gasteiger partial charge in [0.25, 0.3) is 0 Å². The average molecular weight is 536 g/mol. The third kappa shape index (κ3) is 4.98. The molecule has 38 heavy (non-hydrogen) atoms. The van der Waals surface area contributed by atoms with E-state index in [0.717, 1.165) is 29.9 Å². The summed E-state index contributed by atoms with van der Waals surface area (Å²) in [5.74, 6) is -1.39. The van der Waals surface area contributed by atoms with Gasteiger partial charge < -0.3 is 20.2 Å². The summed E-state index contributed by atoms with van der Waals surface area (Å²) in [5, 5.41) is 13.7. The number of rotatable bonds is 4. The standard InChI is InChI=1S/C27H33F4N5O2/c1-15-12-20(37)23-21(15)24(33-14-32-23)35-8-10-36(11-9-35)25(38)22(19-6-7-26(2,3)34-19)17-5-4-16(13-18(17)28)27(29,30)31/h4-5,13-15,19-20,22,34,37H,6-12H2,1-3H3/t15-,19?,20+,22?/m1/s1. The number of fused-ring (bicyclic) bond motifs is 1. The van der Waals surface area contributed by atoms with Crippen molar-refractivity contribution >= 4 is 11.7 Å². The molecule has 206 valence electrons. The van der Waals surface area contributed by atoms with Gasteiger partial charge in [-0.2, -0.15) is 13.2 Å². The highest BCUT2D eigenvalue weighted by molar-refractivity contribution is 5.85. The summed E-state index contributed by atoms with van der Waals surface area (Å²) in [6.45, 7) is 7.73. The molecule has 4 atom stereocenters. The molecule has 2 saturated heterocycles. The number of carbonyl (C=O) groups excluding carboxylic acids is 1. The molecule has 0 radical (unpaired) electrons. The summed E-state index contributed by atoms with van der Waals surface area (Å²) in [5.41, 5.74) is 0.224. The Hall–Kier alpha value is -2.79. The average Bonchev–Trinajstić information content (AvgIpc) is 3.37. The highest BCUT2D eigenvalue weighted by atomic mass is 19.4. The number of benzene rings is 1. The predicted molar refractivity (Wildman–Crippen MR) is 133 cm³/mol. The van der Waals surface area contributed by atoms with Gasteiger partial charge in [-0.15, -0.1) is 0 Å². The molecule has 2 fully saturated rings. The Bertz CT molecular complexity index is 1210. The minimum Gasteiger partial charge on any atom is -0.387 e. The van der Waals surface area contributed by atoms with Crippen molar-refractivity contribution in [1.29, 1.82) is 0 Å². The van der Waals surface area contributed by atoms with Gasteiger partial charge in [0.15, 0.2) is 0 Å². The van der Waals surface area contributed by atoms with Crippen LogP contribution in [0.3, 0.4) is 0 Å². The zero-order chi connectivity index (χ0) is 27.4. The Kier molecular flexibility index (Phi) is 6.88. The Balaban J connectivity index is 1.38. The Morgan fingerprint density at radius 2 is 1.89 bits per heavy atom. The molecule has 1 aromatic heterocycles. The first-order valence-electron chi connectivity index (χ1n) is 13.1. The van der Waals surface area contributed by atoms with E-state index >= 15 is 4.39 Å². The van der Waals surface area contributed by atoms with Gasteiger partial charge in [-0.05, 0) is 51.2 Å². The van der Waals surface area contributed by atoms with Crippen molar-refractivity contribution in [2.24, 2.45) is 0 Å². The predicted octanol–water partition coefficient (Wildman–Crippen LogP) is 4.14. The van der Waals surface area contributed by atoms with Crippen LogP contribution in [0.4, 0.5) is 23.4 Å². The fourth-order valence-corrected chi connectivity index (χ4v) is 6.18. The van der Waals surface area contributed by atoms with Crippen LogP contribution in [0.2, 0.25) is 0 Å². The third-order valence-corrected chi connectivity index (χ3v) is 8.16. The van der Waals surface area contributed by atoms with Crippen molar-refractivity contribution in [3.05, 3.63) is 52.7 Å². The summed E-state index contributed by atoms with van der Waals surface area (Å²) >= 11 is 0. The van der Waals surface area contributed by atoms with E-state index in [-0.39, 0.29) is 22.9 Å². The molecule has 5 rings (SSSR count). The lowest BCUT2D eigenvalue weighted by atomic mass is 9.87.